The highest BCUT2D eigenvalue weighted by Gasteiger charge is 2.34. The summed E-state index contributed by atoms with van der Waals surface area (Å²) < 4.78 is 0. The maximum absolute atomic E-state index is 12.3. The van der Waals surface area contributed by atoms with E-state index < -0.39 is 0 Å². The summed E-state index contributed by atoms with van der Waals surface area (Å²) in [5.74, 6) is 0.660. The lowest BCUT2D eigenvalue weighted by Gasteiger charge is -2.23. The molecule has 5 nitrogen and oxygen atoms in total. The van der Waals surface area contributed by atoms with E-state index in [0.717, 1.165) is 23.8 Å². The van der Waals surface area contributed by atoms with Crippen molar-refractivity contribution in [3.63, 3.8) is 0 Å². The molecule has 2 aliphatic heterocycles. The minimum absolute atomic E-state index is 0.154. The van der Waals surface area contributed by atoms with Crippen LogP contribution in [0.25, 0.3) is 0 Å². The highest BCUT2D eigenvalue weighted by molar-refractivity contribution is 8.13. The van der Waals surface area contributed by atoms with E-state index in [1.807, 2.05) is 0 Å². The molecule has 1 fully saturated rings. The van der Waals surface area contributed by atoms with E-state index in [2.05, 4.69) is 5.32 Å². The summed E-state index contributed by atoms with van der Waals surface area (Å²) in [6.07, 6.45) is 6.85. The predicted octanol–water partition coefficient (Wildman–Crippen LogP) is 3.07. The number of hydrogen-bond donors (Lipinski definition) is 1. The quantitative estimate of drug-likeness (QED) is 0.650. The van der Waals surface area contributed by atoms with E-state index >= 15 is 0 Å². The molecule has 2 amide bonds. The third-order valence-electron chi connectivity index (χ3n) is 5.21. The van der Waals surface area contributed by atoms with Crippen molar-refractivity contribution >= 4 is 28.7 Å². The molecule has 1 N–H and O–H groups in total. The second-order valence-corrected chi connectivity index (χ2v) is 7.98. The number of hydrogen-bond acceptors (Lipinski definition) is 5. The third kappa shape index (κ3) is 3.32. The molecule has 2 heterocycles. The molecule has 1 aliphatic carbocycles. The second kappa shape index (κ2) is 7.20. The molecule has 1 aromatic rings. The van der Waals surface area contributed by atoms with Gasteiger partial charge in [-0.1, -0.05) is 36.7 Å². The van der Waals surface area contributed by atoms with Gasteiger partial charge in [0.2, 0.25) is 0 Å². The van der Waals surface area contributed by atoms with Gasteiger partial charge in [-0.05, 0) is 37.8 Å². The number of unbranched alkanes of at least 4 members (excludes halogenated alkanes) is 1. The molecule has 1 saturated carbocycles. The minimum atomic E-state index is -0.154. The lowest BCUT2D eigenvalue weighted by Crippen LogP contribution is -2.36. The number of amidine groups is 1. The van der Waals surface area contributed by atoms with E-state index in [0.29, 0.717) is 29.8 Å². The van der Waals surface area contributed by atoms with E-state index in [9.17, 15) is 9.59 Å². The van der Waals surface area contributed by atoms with E-state index in [4.69, 9.17) is 4.99 Å². The van der Waals surface area contributed by atoms with Crippen LogP contribution in [0.5, 0.6) is 0 Å². The van der Waals surface area contributed by atoms with Crippen LogP contribution in [0.1, 0.15) is 59.2 Å². The SMILES string of the molecule is O=C1c2ccccc2C(=O)N1CCCCSC1=N[C@@H]2CCCC[C@H]2N1. The zero-order valence-electron chi connectivity index (χ0n) is 14.2. The molecule has 0 aromatic heterocycles. The number of rotatable bonds is 5. The first-order valence-corrected chi connectivity index (χ1v) is 10.1. The maximum atomic E-state index is 12.3. The molecular formula is C19H23N3O2S. The Morgan fingerprint density at radius 1 is 1.08 bits per heavy atom. The molecule has 0 bridgehead atoms. The van der Waals surface area contributed by atoms with Crippen LogP contribution in [-0.4, -0.2) is 46.3 Å². The Labute approximate surface area is 152 Å². The van der Waals surface area contributed by atoms with Crippen molar-refractivity contribution < 1.29 is 9.59 Å². The van der Waals surface area contributed by atoms with Gasteiger partial charge < -0.3 is 5.32 Å². The first-order chi connectivity index (χ1) is 12.2. The average molecular weight is 357 g/mol. The Hall–Kier alpha value is -1.82. The van der Waals surface area contributed by atoms with Gasteiger partial charge >= 0.3 is 0 Å². The van der Waals surface area contributed by atoms with Crippen molar-refractivity contribution in [2.75, 3.05) is 12.3 Å². The zero-order valence-corrected chi connectivity index (χ0v) is 15.1. The summed E-state index contributed by atoms with van der Waals surface area (Å²) >= 11 is 1.77. The van der Waals surface area contributed by atoms with Crippen molar-refractivity contribution in [1.82, 2.24) is 10.2 Å². The number of amides is 2. The fourth-order valence-corrected chi connectivity index (χ4v) is 4.83. The first kappa shape index (κ1) is 16.6. The van der Waals surface area contributed by atoms with E-state index in [1.54, 1.807) is 36.0 Å². The Morgan fingerprint density at radius 2 is 1.80 bits per heavy atom. The lowest BCUT2D eigenvalue weighted by molar-refractivity contribution is 0.0652. The summed E-state index contributed by atoms with van der Waals surface area (Å²) in [6, 6.07) is 8.10. The number of nitrogens with one attached hydrogen (secondary N) is 1. The fraction of sp³-hybridized carbons (Fsp3) is 0.526. The van der Waals surface area contributed by atoms with Gasteiger partial charge in [0.15, 0.2) is 5.17 Å². The monoisotopic (exact) mass is 357 g/mol. The molecular weight excluding hydrogens is 334 g/mol. The van der Waals surface area contributed by atoms with Gasteiger partial charge in [-0.2, -0.15) is 0 Å². The summed E-state index contributed by atoms with van der Waals surface area (Å²) in [4.78, 5) is 30.8. The Balaban J connectivity index is 1.21. The number of imide groups is 1. The number of nitrogens with zero attached hydrogens (tertiary/aromatic N) is 2. The van der Waals surface area contributed by atoms with Crippen molar-refractivity contribution in [3.05, 3.63) is 35.4 Å². The molecule has 0 spiro atoms. The molecule has 0 unspecified atom stereocenters. The van der Waals surface area contributed by atoms with Gasteiger partial charge in [0.05, 0.1) is 23.2 Å². The summed E-state index contributed by atoms with van der Waals surface area (Å²) in [5.41, 5.74) is 1.07. The van der Waals surface area contributed by atoms with Gasteiger partial charge in [-0.15, -0.1) is 0 Å². The first-order valence-electron chi connectivity index (χ1n) is 9.16. The van der Waals surface area contributed by atoms with Crippen LogP contribution in [0.2, 0.25) is 0 Å². The molecule has 132 valence electrons. The number of thioether (sulfide) groups is 1. The predicted molar refractivity (Wildman–Crippen MR) is 100 cm³/mol. The van der Waals surface area contributed by atoms with Gasteiger partial charge in [-0.3, -0.25) is 19.5 Å². The van der Waals surface area contributed by atoms with Crippen molar-refractivity contribution in [2.24, 2.45) is 4.99 Å². The Bertz CT molecular complexity index is 683. The lowest BCUT2D eigenvalue weighted by atomic mass is 9.92. The van der Waals surface area contributed by atoms with Crippen molar-refractivity contribution in [2.45, 2.75) is 50.6 Å². The molecule has 1 aromatic carbocycles. The van der Waals surface area contributed by atoms with Crippen LogP contribution in [0.15, 0.2) is 29.3 Å². The summed E-state index contributed by atoms with van der Waals surface area (Å²) in [5, 5.41) is 4.63. The van der Waals surface area contributed by atoms with Gasteiger partial charge in [-0.25, -0.2) is 0 Å². The van der Waals surface area contributed by atoms with Crippen molar-refractivity contribution in [1.29, 1.82) is 0 Å². The Morgan fingerprint density at radius 3 is 2.52 bits per heavy atom. The van der Waals surface area contributed by atoms with Gasteiger partial charge in [0, 0.05) is 12.3 Å². The number of benzene rings is 1. The number of carbonyl (C=O) groups excluding carboxylic acids is 2. The maximum Gasteiger partial charge on any atom is 0.261 e. The normalized spacial score (nSPS) is 24.8. The fourth-order valence-electron chi connectivity index (χ4n) is 3.84. The van der Waals surface area contributed by atoms with E-state index in [1.165, 1.54) is 30.6 Å². The van der Waals surface area contributed by atoms with Crippen molar-refractivity contribution in [3.8, 4) is 0 Å². The van der Waals surface area contributed by atoms with Crippen LogP contribution in [-0.2, 0) is 0 Å². The van der Waals surface area contributed by atoms with Gasteiger partial charge in [0.1, 0.15) is 0 Å². The molecule has 2 atom stereocenters. The molecule has 0 radical (unpaired) electrons. The molecule has 6 heteroatoms. The Kier molecular flexibility index (Phi) is 4.79. The van der Waals surface area contributed by atoms with E-state index in [-0.39, 0.29) is 11.8 Å². The van der Waals surface area contributed by atoms with Crippen LogP contribution < -0.4 is 5.32 Å². The second-order valence-electron chi connectivity index (χ2n) is 6.90. The topological polar surface area (TPSA) is 61.8 Å². The third-order valence-corrected chi connectivity index (χ3v) is 6.20. The number of aliphatic imine (C=N–C) groups is 1. The summed E-state index contributed by atoms with van der Waals surface area (Å²) in [6.45, 7) is 0.498. The highest BCUT2D eigenvalue weighted by atomic mass is 32.2. The van der Waals surface area contributed by atoms with Crippen LogP contribution >= 0.6 is 11.8 Å². The standard InChI is InChI=1S/C19H23N3O2S/c23-17-13-7-1-2-8-14(13)18(24)22(17)11-5-6-12-25-19-20-15-9-3-4-10-16(15)21-19/h1-2,7-8,15-16H,3-6,9-12H2,(H,20,21)/t15-,16-/m1/s1. The minimum Gasteiger partial charge on any atom is -0.360 e. The van der Waals surface area contributed by atoms with Crippen LogP contribution in [0.3, 0.4) is 0 Å². The van der Waals surface area contributed by atoms with Gasteiger partial charge in [0.25, 0.3) is 11.8 Å². The zero-order chi connectivity index (χ0) is 17.2. The number of carbonyl (C=O) groups is 2. The van der Waals surface area contributed by atoms with Crippen LogP contribution in [0.4, 0.5) is 0 Å². The molecule has 4 rings (SSSR count). The highest BCUT2D eigenvalue weighted by Crippen LogP contribution is 2.27. The molecule has 3 aliphatic rings. The van der Waals surface area contributed by atoms with Crippen LogP contribution in [0, 0.1) is 0 Å². The summed E-state index contributed by atoms with van der Waals surface area (Å²) in [7, 11) is 0. The molecule has 25 heavy (non-hydrogen) atoms. The largest absolute Gasteiger partial charge is 0.360 e. The molecule has 0 saturated heterocycles. The average Bonchev–Trinajstić information content (AvgIpc) is 3.15. The smallest absolute Gasteiger partial charge is 0.261 e. The number of fused-ring (bicyclic) bond motifs is 2.